The van der Waals surface area contributed by atoms with E-state index in [4.69, 9.17) is 0 Å². The number of rotatable bonds is 3. The highest BCUT2D eigenvalue weighted by Crippen LogP contribution is 2.24. The van der Waals surface area contributed by atoms with Gasteiger partial charge in [0.1, 0.15) is 5.82 Å². The molecule has 0 N–H and O–H groups in total. The van der Waals surface area contributed by atoms with E-state index in [-0.39, 0.29) is 11.7 Å². The van der Waals surface area contributed by atoms with Gasteiger partial charge >= 0.3 is 0 Å². The minimum absolute atomic E-state index is 0.0512. The van der Waals surface area contributed by atoms with E-state index in [2.05, 4.69) is 9.88 Å². The minimum atomic E-state index is -0.268. The summed E-state index contributed by atoms with van der Waals surface area (Å²) in [5.74, 6) is -0.217. The first-order valence-corrected chi connectivity index (χ1v) is 9.81. The zero-order valence-corrected chi connectivity index (χ0v) is 16.2. The van der Waals surface area contributed by atoms with E-state index in [1.54, 1.807) is 23.5 Å². The molecule has 7 heteroatoms. The van der Waals surface area contributed by atoms with E-state index in [1.165, 1.54) is 12.1 Å². The van der Waals surface area contributed by atoms with Crippen LogP contribution in [0.3, 0.4) is 0 Å². The molecule has 3 aromatic rings. The Kier molecular flexibility index (Phi) is 4.70. The number of benzene rings is 1. The molecule has 0 spiro atoms. The highest BCUT2D eigenvalue weighted by atomic mass is 32.1. The number of piperazine rings is 1. The van der Waals surface area contributed by atoms with Crippen LogP contribution in [0, 0.1) is 19.7 Å². The van der Waals surface area contributed by atoms with E-state index in [1.807, 2.05) is 41.0 Å². The molecule has 1 amide bonds. The molecule has 0 aliphatic carbocycles. The van der Waals surface area contributed by atoms with Crippen LogP contribution in [-0.2, 0) is 0 Å². The quantitative estimate of drug-likeness (QED) is 0.692. The molecule has 5 nitrogen and oxygen atoms in total. The summed E-state index contributed by atoms with van der Waals surface area (Å²) >= 11 is 1.62. The summed E-state index contributed by atoms with van der Waals surface area (Å²) in [6, 6.07) is 8.27. The van der Waals surface area contributed by atoms with Gasteiger partial charge in [0.15, 0.2) is 5.13 Å². The average molecular weight is 384 g/mol. The predicted octanol–water partition coefficient (Wildman–Crippen LogP) is 3.65. The molecule has 1 aliphatic heterocycles. The van der Waals surface area contributed by atoms with Gasteiger partial charge in [-0.05, 0) is 44.2 Å². The van der Waals surface area contributed by atoms with Gasteiger partial charge in [-0.3, -0.25) is 4.79 Å². The summed E-state index contributed by atoms with van der Waals surface area (Å²) in [6.45, 7) is 6.84. The van der Waals surface area contributed by atoms with Crippen molar-refractivity contribution in [2.45, 2.75) is 13.8 Å². The number of nitrogens with zero attached hydrogens (tertiary/aromatic N) is 4. The molecule has 4 rings (SSSR count). The fourth-order valence-electron chi connectivity index (χ4n) is 3.61. The first-order valence-electron chi connectivity index (χ1n) is 8.93. The number of carbonyl (C=O) groups is 1. The predicted molar refractivity (Wildman–Crippen MR) is 105 cm³/mol. The lowest BCUT2D eigenvalue weighted by Crippen LogP contribution is -2.48. The zero-order chi connectivity index (χ0) is 19.0. The van der Waals surface area contributed by atoms with E-state index >= 15 is 0 Å². The Bertz CT molecular complexity index is 941. The summed E-state index contributed by atoms with van der Waals surface area (Å²) in [7, 11) is 0. The summed E-state index contributed by atoms with van der Waals surface area (Å²) in [4.78, 5) is 21.6. The first kappa shape index (κ1) is 17.7. The Hall–Kier alpha value is -2.67. The molecule has 0 saturated carbocycles. The molecular weight excluding hydrogens is 363 g/mol. The average Bonchev–Trinajstić information content (AvgIpc) is 3.31. The molecule has 140 valence electrons. The van der Waals surface area contributed by atoms with Gasteiger partial charge in [0.05, 0.1) is 5.56 Å². The lowest BCUT2D eigenvalue weighted by atomic mass is 10.2. The van der Waals surface area contributed by atoms with Gasteiger partial charge in [-0.15, -0.1) is 11.3 Å². The Morgan fingerprint density at radius 1 is 1.11 bits per heavy atom. The number of hydrogen-bond donors (Lipinski definition) is 0. The molecule has 0 radical (unpaired) electrons. The molecule has 3 heterocycles. The minimum Gasteiger partial charge on any atom is -0.345 e. The molecule has 0 atom stereocenters. The highest BCUT2D eigenvalue weighted by molar-refractivity contribution is 7.13. The number of amides is 1. The second kappa shape index (κ2) is 7.15. The standard InChI is InChI=1S/C20H21FN4OS/c1-14-13-18(15(2)25(14)17-5-3-16(21)4-6-17)19(26)23-8-10-24(11-9-23)20-22-7-12-27-20/h3-7,12-13H,8-11H2,1-2H3. The van der Waals surface area contributed by atoms with Crippen LogP contribution in [0.2, 0.25) is 0 Å². The van der Waals surface area contributed by atoms with Gasteiger partial charge in [-0.1, -0.05) is 0 Å². The molecule has 1 saturated heterocycles. The van der Waals surface area contributed by atoms with Gasteiger partial charge in [0.2, 0.25) is 0 Å². The monoisotopic (exact) mass is 384 g/mol. The van der Waals surface area contributed by atoms with Crippen LogP contribution in [0.5, 0.6) is 0 Å². The maximum Gasteiger partial charge on any atom is 0.255 e. The SMILES string of the molecule is Cc1cc(C(=O)N2CCN(c3nccs3)CC2)c(C)n1-c1ccc(F)cc1. The second-order valence-corrected chi connectivity index (χ2v) is 7.56. The molecule has 1 aliphatic rings. The van der Waals surface area contributed by atoms with Crippen molar-refractivity contribution in [1.82, 2.24) is 14.5 Å². The summed E-state index contributed by atoms with van der Waals surface area (Å²) < 4.78 is 15.2. The maximum absolute atomic E-state index is 13.2. The highest BCUT2D eigenvalue weighted by Gasteiger charge is 2.26. The number of thiazole rings is 1. The van der Waals surface area contributed by atoms with Gasteiger partial charge in [0.25, 0.3) is 5.91 Å². The Morgan fingerprint density at radius 3 is 2.44 bits per heavy atom. The van der Waals surface area contributed by atoms with Crippen molar-refractivity contribution < 1.29 is 9.18 Å². The van der Waals surface area contributed by atoms with Crippen molar-refractivity contribution in [3.8, 4) is 5.69 Å². The molecule has 2 aromatic heterocycles. The van der Waals surface area contributed by atoms with Gasteiger partial charge < -0.3 is 14.4 Å². The van der Waals surface area contributed by atoms with Crippen LogP contribution in [-0.4, -0.2) is 46.5 Å². The largest absolute Gasteiger partial charge is 0.345 e. The van der Waals surface area contributed by atoms with E-state index in [9.17, 15) is 9.18 Å². The first-order chi connectivity index (χ1) is 13.0. The van der Waals surface area contributed by atoms with Gasteiger partial charge in [-0.25, -0.2) is 9.37 Å². The van der Waals surface area contributed by atoms with Crippen molar-refractivity contribution in [2.24, 2.45) is 0 Å². The lowest BCUT2D eigenvalue weighted by molar-refractivity contribution is 0.0746. The van der Waals surface area contributed by atoms with Crippen LogP contribution in [0.4, 0.5) is 9.52 Å². The van der Waals surface area contributed by atoms with Crippen molar-refractivity contribution in [3.63, 3.8) is 0 Å². The lowest BCUT2D eigenvalue weighted by Gasteiger charge is -2.34. The third-order valence-corrected chi connectivity index (χ3v) is 5.84. The number of carbonyl (C=O) groups excluding carboxylic acids is 1. The summed E-state index contributed by atoms with van der Waals surface area (Å²) in [5.41, 5.74) is 3.41. The molecule has 0 bridgehead atoms. The molecule has 27 heavy (non-hydrogen) atoms. The smallest absolute Gasteiger partial charge is 0.255 e. The summed E-state index contributed by atoms with van der Waals surface area (Å²) in [6.07, 6.45) is 1.81. The molecule has 1 aromatic carbocycles. The topological polar surface area (TPSA) is 41.4 Å². The Labute approximate surface area is 161 Å². The van der Waals surface area contributed by atoms with Gasteiger partial charge in [-0.2, -0.15) is 0 Å². The fourth-order valence-corrected chi connectivity index (χ4v) is 4.31. The third kappa shape index (κ3) is 3.35. The van der Waals surface area contributed by atoms with Crippen molar-refractivity contribution in [2.75, 3.05) is 31.1 Å². The molecular formula is C20H21FN4OS. The summed E-state index contributed by atoms with van der Waals surface area (Å²) in [5, 5.41) is 2.98. The van der Waals surface area contributed by atoms with Crippen LogP contribution in [0.1, 0.15) is 21.7 Å². The Balaban J connectivity index is 1.53. The second-order valence-electron chi connectivity index (χ2n) is 6.69. The number of hydrogen-bond acceptors (Lipinski definition) is 4. The van der Waals surface area contributed by atoms with Crippen LogP contribution >= 0.6 is 11.3 Å². The Morgan fingerprint density at radius 2 is 1.81 bits per heavy atom. The number of aryl methyl sites for hydroxylation is 1. The van der Waals surface area contributed by atoms with Crippen molar-refractivity contribution in [1.29, 1.82) is 0 Å². The van der Waals surface area contributed by atoms with E-state index in [0.717, 1.165) is 35.3 Å². The maximum atomic E-state index is 13.2. The van der Waals surface area contributed by atoms with E-state index in [0.29, 0.717) is 18.7 Å². The van der Waals surface area contributed by atoms with Crippen molar-refractivity contribution in [3.05, 3.63) is 64.7 Å². The van der Waals surface area contributed by atoms with Crippen LogP contribution < -0.4 is 4.90 Å². The van der Waals surface area contributed by atoms with Crippen LogP contribution in [0.25, 0.3) is 5.69 Å². The normalized spacial score (nSPS) is 14.6. The van der Waals surface area contributed by atoms with Gasteiger partial charge in [0, 0.05) is 54.8 Å². The third-order valence-electron chi connectivity index (χ3n) is 5.00. The van der Waals surface area contributed by atoms with E-state index < -0.39 is 0 Å². The number of anilines is 1. The number of aromatic nitrogens is 2. The molecule has 0 unspecified atom stereocenters. The number of halogens is 1. The zero-order valence-electron chi connectivity index (χ0n) is 15.4. The molecule has 1 fully saturated rings. The van der Waals surface area contributed by atoms with Crippen molar-refractivity contribution >= 4 is 22.4 Å². The van der Waals surface area contributed by atoms with Crippen LogP contribution in [0.15, 0.2) is 41.9 Å². The fraction of sp³-hybridized carbons (Fsp3) is 0.300.